The zero-order chi connectivity index (χ0) is 15.9. The number of hydrogen-bond donors (Lipinski definition) is 1. The van der Waals surface area contributed by atoms with Gasteiger partial charge in [0.25, 0.3) is 5.91 Å². The lowest BCUT2D eigenvalue weighted by atomic mass is 9.99. The summed E-state index contributed by atoms with van der Waals surface area (Å²) >= 11 is 3.38. The minimum Gasteiger partial charge on any atom is -0.483 e. The van der Waals surface area contributed by atoms with E-state index >= 15 is 0 Å². The molecule has 0 aliphatic rings. The number of ether oxygens (including phenoxy) is 1. The number of carbonyl (C=O) groups excluding carboxylic acids is 1. The van der Waals surface area contributed by atoms with Gasteiger partial charge in [-0.3, -0.25) is 4.79 Å². The molecule has 0 aromatic heterocycles. The Morgan fingerprint density at radius 1 is 1.18 bits per heavy atom. The first-order valence-corrected chi connectivity index (χ1v) is 8.16. The molecule has 1 amide bonds. The molecular formula is C18H20BrNO2. The van der Waals surface area contributed by atoms with Crippen molar-refractivity contribution < 1.29 is 9.53 Å². The molecule has 0 aliphatic heterocycles. The van der Waals surface area contributed by atoms with Gasteiger partial charge < -0.3 is 10.1 Å². The van der Waals surface area contributed by atoms with Gasteiger partial charge in [0, 0.05) is 5.69 Å². The van der Waals surface area contributed by atoms with Crippen LogP contribution in [0.2, 0.25) is 0 Å². The fraction of sp³-hybridized carbons (Fsp3) is 0.278. The average Bonchev–Trinajstić information content (AvgIpc) is 2.54. The van der Waals surface area contributed by atoms with E-state index in [0.717, 1.165) is 16.6 Å². The van der Waals surface area contributed by atoms with E-state index < -0.39 is 0 Å². The van der Waals surface area contributed by atoms with Gasteiger partial charge in [-0.1, -0.05) is 38.1 Å². The van der Waals surface area contributed by atoms with Crippen LogP contribution in [0.3, 0.4) is 0 Å². The normalized spacial score (nSPS) is 11.8. The Kier molecular flexibility index (Phi) is 6.01. The molecule has 0 radical (unpaired) electrons. The summed E-state index contributed by atoms with van der Waals surface area (Å²) in [7, 11) is 0. The Balaban J connectivity index is 1.88. The Hall–Kier alpha value is -1.81. The van der Waals surface area contributed by atoms with Crippen molar-refractivity contribution in [3.8, 4) is 5.75 Å². The Labute approximate surface area is 139 Å². The number of rotatable bonds is 6. The molecule has 0 heterocycles. The fourth-order valence-corrected chi connectivity index (χ4v) is 2.43. The highest BCUT2D eigenvalue weighted by molar-refractivity contribution is 9.10. The van der Waals surface area contributed by atoms with E-state index in [1.54, 1.807) is 0 Å². The second-order valence-corrected chi connectivity index (χ2v) is 6.05. The van der Waals surface area contributed by atoms with E-state index in [4.69, 9.17) is 4.74 Å². The van der Waals surface area contributed by atoms with Crippen LogP contribution >= 0.6 is 15.9 Å². The van der Waals surface area contributed by atoms with Crippen LogP contribution in [-0.2, 0) is 4.79 Å². The Bertz CT molecular complexity index is 625. The second-order valence-electron chi connectivity index (χ2n) is 5.20. The van der Waals surface area contributed by atoms with E-state index in [9.17, 15) is 4.79 Å². The standard InChI is InChI=1S/C18H20BrNO2/c1-3-13(2)14-8-10-15(11-9-14)20-18(21)12-22-17-7-5-4-6-16(17)19/h4-11,13H,3,12H2,1-2H3,(H,20,21)/t13-/m1/s1. The van der Waals surface area contributed by atoms with Gasteiger partial charge in [-0.2, -0.15) is 0 Å². The maximum absolute atomic E-state index is 11.9. The summed E-state index contributed by atoms with van der Waals surface area (Å²) in [6.45, 7) is 4.34. The first-order chi connectivity index (χ1) is 10.6. The zero-order valence-electron chi connectivity index (χ0n) is 12.8. The summed E-state index contributed by atoms with van der Waals surface area (Å²) in [5, 5.41) is 2.84. The molecule has 116 valence electrons. The molecule has 1 N–H and O–H groups in total. The van der Waals surface area contributed by atoms with Gasteiger partial charge in [0.1, 0.15) is 5.75 Å². The number of hydrogen-bond acceptors (Lipinski definition) is 2. The van der Waals surface area contributed by atoms with Gasteiger partial charge in [0.2, 0.25) is 0 Å². The first-order valence-electron chi connectivity index (χ1n) is 7.37. The lowest BCUT2D eigenvalue weighted by Crippen LogP contribution is -2.20. The highest BCUT2D eigenvalue weighted by Gasteiger charge is 2.07. The molecule has 0 bridgehead atoms. The smallest absolute Gasteiger partial charge is 0.262 e. The summed E-state index contributed by atoms with van der Waals surface area (Å²) in [6, 6.07) is 15.4. The molecule has 0 aliphatic carbocycles. The van der Waals surface area contributed by atoms with Crippen LogP contribution in [0.25, 0.3) is 0 Å². The van der Waals surface area contributed by atoms with Crippen molar-refractivity contribution in [2.45, 2.75) is 26.2 Å². The molecule has 2 aromatic carbocycles. The lowest BCUT2D eigenvalue weighted by Gasteiger charge is -2.11. The summed E-state index contributed by atoms with van der Waals surface area (Å²) in [4.78, 5) is 11.9. The minimum atomic E-state index is -0.174. The van der Waals surface area contributed by atoms with Crippen molar-refractivity contribution in [1.82, 2.24) is 0 Å². The lowest BCUT2D eigenvalue weighted by molar-refractivity contribution is -0.118. The number of amides is 1. The molecule has 0 spiro atoms. The summed E-state index contributed by atoms with van der Waals surface area (Å²) in [5.41, 5.74) is 2.07. The van der Waals surface area contributed by atoms with Crippen LogP contribution in [0.15, 0.2) is 53.0 Å². The van der Waals surface area contributed by atoms with Gasteiger partial charge in [-0.25, -0.2) is 0 Å². The van der Waals surface area contributed by atoms with Crippen molar-refractivity contribution in [2.24, 2.45) is 0 Å². The SMILES string of the molecule is CC[C@@H](C)c1ccc(NC(=O)COc2ccccc2Br)cc1. The van der Waals surface area contributed by atoms with Crippen LogP contribution < -0.4 is 10.1 Å². The van der Waals surface area contributed by atoms with Crippen molar-refractivity contribution in [3.63, 3.8) is 0 Å². The highest BCUT2D eigenvalue weighted by Crippen LogP contribution is 2.24. The molecular weight excluding hydrogens is 342 g/mol. The van der Waals surface area contributed by atoms with Crippen molar-refractivity contribution in [1.29, 1.82) is 0 Å². The summed E-state index contributed by atoms with van der Waals surface area (Å²) < 4.78 is 6.33. The van der Waals surface area contributed by atoms with E-state index in [1.807, 2.05) is 36.4 Å². The topological polar surface area (TPSA) is 38.3 Å². The monoisotopic (exact) mass is 361 g/mol. The van der Waals surface area contributed by atoms with Gasteiger partial charge >= 0.3 is 0 Å². The number of halogens is 1. The molecule has 0 fully saturated rings. The number of anilines is 1. The average molecular weight is 362 g/mol. The van der Waals surface area contributed by atoms with Gasteiger partial charge in [0.05, 0.1) is 4.47 Å². The van der Waals surface area contributed by atoms with E-state index in [1.165, 1.54) is 5.56 Å². The zero-order valence-corrected chi connectivity index (χ0v) is 14.4. The predicted octanol–water partition coefficient (Wildman–Crippen LogP) is 4.98. The highest BCUT2D eigenvalue weighted by atomic mass is 79.9. The largest absolute Gasteiger partial charge is 0.483 e. The van der Waals surface area contributed by atoms with Crippen LogP contribution in [0.1, 0.15) is 31.7 Å². The number of carbonyl (C=O) groups is 1. The van der Waals surface area contributed by atoms with Gasteiger partial charge in [-0.05, 0) is 58.1 Å². The van der Waals surface area contributed by atoms with Crippen molar-refractivity contribution in [2.75, 3.05) is 11.9 Å². The van der Waals surface area contributed by atoms with E-state index in [2.05, 4.69) is 47.2 Å². The minimum absolute atomic E-state index is 0.0181. The molecule has 4 heteroatoms. The first kappa shape index (κ1) is 16.6. The molecule has 22 heavy (non-hydrogen) atoms. The number of para-hydroxylation sites is 1. The van der Waals surface area contributed by atoms with E-state index in [0.29, 0.717) is 11.7 Å². The molecule has 0 unspecified atom stereocenters. The number of nitrogens with one attached hydrogen (secondary N) is 1. The van der Waals surface area contributed by atoms with Crippen molar-refractivity contribution in [3.05, 3.63) is 58.6 Å². The summed E-state index contributed by atoms with van der Waals surface area (Å²) in [6.07, 6.45) is 1.10. The predicted molar refractivity (Wildman–Crippen MR) is 93.4 cm³/mol. The quantitative estimate of drug-likeness (QED) is 0.787. The second kappa shape index (κ2) is 7.99. The molecule has 0 saturated carbocycles. The maximum atomic E-state index is 11.9. The molecule has 3 nitrogen and oxygen atoms in total. The molecule has 2 aromatic rings. The molecule has 0 saturated heterocycles. The third-order valence-electron chi connectivity index (χ3n) is 3.57. The van der Waals surface area contributed by atoms with Crippen LogP contribution in [-0.4, -0.2) is 12.5 Å². The van der Waals surface area contributed by atoms with Crippen LogP contribution in [0.4, 0.5) is 5.69 Å². The molecule has 1 atom stereocenters. The Morgan fingerprint density at radius 2 is 1.86 bits per heavy atom. The number of benzene rings is 2. The van der Waals surface area contributed by atoms with Gasteiger partial charge in [0.15, 0.2) is 6.61 Å². The third kappa shape index (κ3) is 4.60. The van der Waals surface area contributed by atoms with Crippen LogP contribution in [0, 0.1) is 0 Å². The maximum Gasteiger partial charge on any atom is 0.262 e. The van der Waals surface area contributed by atoms with Crippen molar-refractivity contribution >= 4 is 27.5 Å². The fourth-order valence-electron chi connectivity index (χ4n) is 2.03. The summed E-state index contributed by atoms with van der Waals surface area (Å²) in [5.74, 6) is 1.01. The van der Waals surface area contributed by atoms with Crippen LogP contribution in [0.5, 0.6) is 5.75 Å². The molecule has 2 rings (SSSR count). The van der Waals surface area contributed by atoms with Gasteiger partial charge in [-0.15, -0.1) is 0 Å². The third-order valence-corrected chi connectivity index (χ3v) is 4.23. The Morgan fingerprint density at radius 3 is 2.50 bits per heavy atom. The van der Waals surface area contributed by atoms with E-state index in [-0.39, 0.29) is 12.5 Å².